The summed E-state index contributed by atoms with van der Waals surface area (Å²) in [4.78, 5) is 8.90. The molecule has 2 heterocycles. The second-order valence-corrected chi connectivity index (χ2v) is 3.80. The number of hydrogen-bond acceptors (Lipinski definition) is 3. The van der Waals surface area contributed by atoms with Gasteiger partial charge < -0.3 is 14.6 Å². The SMILES string of the molecule is C1CCOC1.C1CCOCC1.O=C(O)C(F)(F)F. The van der Waals surface area contributed by atoms with Crippen LogP contribution in [0.15, 0.2) is 0 Å². The van der Waals surface area contributed by atoms with E-state index in [-0.39, 0.29) is 0 Å². The van der Waals surface area contributed by atoms with Crippen molar-refractivity contribution < 1.29 is 32.5 Å². The number of alkyl halides is 3. The lowest BCUT2D eigenvalue weighted by atomic mass is 10.2. The van der Waals surface area contributed by atoms with E-state index in [0.29, 0.717) is 0 Å². The zero-order chi connectivity index (χ0) is 13.9. The zero-order valence-electron chi connectivity index (χ0n) is 10.2. The molecule has 2 aliphatic rings. The Hall–Kier alpha value is -0.820. The van der Waals surface area contributed by atoms with E-state index in [2.05, 4.69) is 0 Å². The summed E-state index contributed by atoms with van der Waals surface area (Å²) >= 11 is 0. The average molecular weight is 272 g/mol. The van der Waals surface area contributed by atoms with Crippen LogP contribution >= 0.6 is 0 Å². The van der Waals surface area contributed by atoms with Crippen molar-refractivity contribution >= 4 is 5.97 Å². The Bertz CT molecular complexity index is 192. The molecule has 2 aliphatic heterocycles. The number of hydrogen-bond donors (Lipinski definition) is 1. The Kier molecular flexibility index (Phi) is 9.67. The molecular weight excluding hydrogens is 253 g/mol. The van der Waals surface area contributed by atoms with Gasteiger partial charge in [-0.3, -0.25) is 0 Å². The Morgan fingerprint density at radius 1 is 0.833 bits per heavy atom. The molecule has 0 aliphatic carbocycles. The highest BCUT2D eigenvalue weighted by atomic mass is 19.4. The van der Waals surface area contributed by atoms with Gasteiger partial charge in [0.1, 0.15) is 0 Å². The predicted molar refractivity (Wildman–Crippen MR) is 58.4 cm³/mol. The Labute approximate surface area is 104 Å². The van der Waals surface area contributed by atoms with Crippen LogP contribution in [0.1, 0.15) is 32.1 Å². The molecule has 0 saturated carbocycles. The van der Waals surface area contributed by atoms with E-state index in [1.165, 1.54) is 32.1 Å². The van der Waals surface area contributed by atoms with Crippen LogP contribution < -0.4 is 0 Å². The lowest BCUT2D eigenvalue weighted by molar-refractivity contribution is -0.192. The largest absolute Gasteiger partial charge is 0.490 e. The molecule has 0 spiro atoms. The van der Waals surface area contributed by atoms with Gasteiger partial charge in [0.05, 0.1) is 0 Å². The van der Waals surface area contributed by atoms with E-state index < -0.39 is 12.1 Å². The second kappa shape index (κ2) is 10.1. The van der Waals surface area contributed by atoms with Crippen LogP contribution in [-0.2, 0) is 14.3 Å². The molecule has 2 fully saturated rings. The van der Waals surface area contributed by atoms with Crippen molar-refractivity contribution in [1.29, 1.82) is 0 Å². The van der Waals surface area contributed by atoms with Gasteiger partial charge in [-0.1, -0.05) is 0 Å². The first-order valence-electron chi connectivity index (χ1n) is 5.90. The van der Waals surface area contributed by atoms with Crippen LogP contribution in [0, 0.1) is 0 Å². The number of ether oxygens (including phenoxy) is 2. The molecule has 7 heteroatoms. The summed E-state index contributed by atoms with van der Waals surface area (Å²) in [5.74, 6) is -2.76. The van der Waals surface area contributed by atoms with Gasteiger partial charge in [-0.2, -0.15) is 13.2 Å². The smallest absolute Gasteiger partial charge is 0.475 e. The maximum atomic E-state index is 10.6. The van der Waals surface area contributed by atoms with Crippen LogP contribution in [0.4, 0.5) is 13.2 Å². The summed E-state index contributed by atoms with van der Waals surface area (Å²) in [5.41, 5.74) is 0. The molecule has 1 N–H and O–H groups in total. The highest BCUT2D eigenvalue weighted by Gasteiger charge is 2.38. The normalized spacial score (nSPS) is 19.1. The maximum Gasteiger partial charge on any atom is 0.490 e. The first-order valence-corrected chi connectivity index (χ1v) is 5.90. The Morgan fingerprint density at radius 3 is 1.22 bits per heavy atom. The summed E-state index contributed by atoms with van der Waals surface area (Å²) in [6.45, 7) is 4.00. The summed E-state index contributed by atoms with van der Waals surface area (Å²) in [5, 5.41) is 7.12. The van der Waals surface area contributed by atoms with Gasteiger partial charge in [0.2, 0.25) is 0 Å². The van der Waals surface area contributed by atoms with Crippen molar-refractivity contribution in [3.8, 4) is 0 Å². The number of carbonyl (C=O) groups is 1. The molecule has 2 saturated heterocycles. The van der Waals surface area contributed by atoms with Crippen LogP contribution in [0.5, 0.6) is 0 Å². The molecule has 0 amide bonds. The molecule has 0 unspecified atom stereocenters. The molecule has 108 valence electrons. The highest BCUT2D eigenvalue weighted by Crippen LogP contribution is 2.13. The third-order valence-electron chi connectivity index (χ3n) is 2.15. The fourth-order valence-electron chi connectivity index (χ4n) is 1.20. The monoisotopic (exact) mass is 272 g/mol. The summed E-state index contributed by atoms with van der Waals surface area (Å²) < 4.78 is 41.8. The minimum absolute atomic E-state index is 1.00. The number of aliphatic carboxylic acids is 1. The Morgan fingerprint density at radius 2 is 1.11 bits per heavy atom. The summed E-state index contributed by atoms with van der Waals surface area (Å²) in [7, 11) is 0. The third kappa shape index (κ3) is 11.7. The molecule has 18 heavy (non-hydrogen) atoms. The van der Waals surface area contributed by atoms with E-state index in [1.54, 1.807) is 0 Å². The lowest BCUT2D eigenvalue weighted by Crippen LogP contribution is -2.21. The molecule has 0 bridgehead atoms. The fourth-order valence-corrected chi connectivity index (χ4v) is 1.20. The van der Waals surface area contributed by atoms with E-state index in [4.69, 9.17) is 19.4 Å². The highest BCUT2D eigenvalue weighted by molar-refractivity contribution is 5.73. The molecule has 0 aromatic carbocycles. The molecule has 0 atom stereocenters. The quantitative estimate of drug-likeness (QED) is 0.736. The molecule has 0 aromatic rings. The van der Waals surface area contributed by atoms with Crippen molar-refractivity contribution in [1.82, 2.24) is 0 Å². The first-order chi connectivity index (χ1) is 8.44. The number of carboxylic acids is 1. The van der Waals surface area contributed by atoms with Gasteiger partial charge >= 0.3 is 12.1 Å². The van der Waals surface area contributed by atoms with E-state index in [0.717, 1.165) is 26.4 Å². The molecule has 0 radical (unpaired) electrons. The van der Waals surface area contributed by atoms with Crippen molar-refractivity contribution in [3.63, 3.8) is 0 Å². The van der Waals surface area contributed by atoms with Gasteiger partial charge in [-0.15, -0.1) is 0 Å². The predicted octanol–water partition coefficient (Wildman–Crippen LogP) is 2.62. The minimum atomic E-state index is -5.08. The van der Waals surface area contributed by atoms with Crippen LogP contribution in [-0.4, -0.2) is 43.7 Å². The lowest BCUT2D eigenvalue weighted by Gasteiger charge is -2.08. The van der Waals surface area contributed by atoms with Crippen molar-refractivity contribution in [2.75, 3.05) is 26.4 Å². The second-order valence-electron chi connectivity index (χ2n) is 3.80. The average Bonchev–Trinajstić information content (AvgIpc) is 2.89. The maximum absolute atomic E-state index is 10.6. The van der Waals surface area contributed by atoms with Crippen LogP contribution in [0.2, 0.25) is 0 Å². The number of carboxylic acid groups (broad SMARTS) is 1. The van der Waals surface area contributed by atoms with Gasteiger partial charge in [-0.05, 0) is 32.1 Å². The molecular formula is C11H19F3O4. The van der Waals surface area contributed by atoms with E-state index in [1.807, 2.05) is 0 Å². The summed E-state index contributed by atoms with van der Waals surface area (Å²) in [6.07, 6.45) is 1.40. The summed E-state index contributed by atoms with van der Waals surface area (Å²) in [6, 6.07) is 0. The van der Waals surface area contributed by atoms with Crippen molar-refractivity contribution in [2.45, 2.75) is 38.3 Å². The minimum Gasteiger partial charge on any atom is -0.475 e. The molecule has 2 rings (SSSR count). The van der Waals surface area contributed by atoms with Crippen LogP contribution in [0.25, 0.3) is 0 Å². The van der Waals surface area contributed by atoms with Gasteiger partial charge in [0.15, 0.2) is 0 Å². The van der Waals surface area contributed by atoms with Crippen molar-refractivity contribution in [3.05, 3.63) is 0 Å². The zero-order valence-corrected chi connectivity index (χ0v) is 10.2. The molecule has 4 nitrogen and oxygen atoms in total. The van der Waals surface area contributed by atoms with Crippen LogP contribution in [0.3, 0.4) is 0 Å². The molecule has 0 aromatic heterocycles. The van der Waals surface area contributed by atoms with Crippen molar-refractivity contribution in [2.24, 2.45) is 0 Å². The van der Waals surface area contributed by atoms with Gasteiger partial charge in [0.25, 0.3) is 0 Å². The standard InChI is InChI=1S/C5H10O.C4H8O.C2HF3O2/c1-2-4-6-5-3-1;1-2-4-5-3-1;3-2(4,5)1(6)7/h1-5H2;1-4H2;(H,6,7). The van der Waals surface area contributed by atoms with E-state index >= 15 is 0 Å². The third-order valence-corrected chi connectivity index (χ3v) is 2.15. The van der Waals surface area contributed by atoms with Gasteiger partial charge in [-0.25, -0.2) is 4.79 Å². The Balaban J connectivity index is 0.000000243. The van der Waals surface area contributed by atoms with Gasteiger partial charge in [0, 0.05) is 26.4 Å². The van der Waals surface area contributed by atoms with E-state index in [9.17, 15) is 13.2 Å². The fraction of sp³-hybridized carbons (Fsp3) is 0.909. The number of halogens is 3. The topological polar surface area (TPSA) is 55.8 Å². The first kappa shape index (κ1) is 17.2. The number of rotatable bonds is 0.